The normalized spacial score (nSPS) is 12.2. The SMILES string of the molecule is COc1ccccc1[C@H](C)NCc1ccc(Cl)c(Cl)c1. The van der Waals surface area contributed by atoms with Gasteiger partial charge in [-0.2, -0.15) is 0 Å². The summed E-state index contributed by atoms with van der Waals surface area (Å²) in [6, 6.07) is 13.8. The molecule has 0 fully saturated rings. The van der Waals surface area contributed by atoms with Crippen molar-refractivity contribution in [1.29, 1.82) is 0 Å². The van der Waals surface area contributed by atoms with Gasteiger partial charge in [-0.3, -0.25) is 0 Å². The van der Waals surface area contributed by atoms with E-state index in [0.717, 1.165) is 23.4 Å². The van der Waals surface area contributed by atoms with Gasteiger partial charge in [-0.25, -0.2) is 0 Å². The molecule has 2 aromatic rings. The monoisotopic (exact) mass is 309 g/mol. The van der Waals surface area contributed by atoms with Crippen molar-refractivity contribution in [2.75, 3.05) is 7.11 Å². The van der Waals surface area contributed by atoms with E-state index < -0.39 is 0 Å². The first-order valence-corrected chi connectivity index (χ1v) is 7.17. The lowest BCUT2D eigenvalue weighted by Gasteiger charge is -2.17. The Morgan fingerprint density at radius 2 is 1.85 bits per heavy atom. The van der Waals surface area contributed by atoms with Gasteiger partial charge in [-0.15, -0.1) is 0 Å². The van der Waals surface area contributed by atoms with Gasteiger partial charge < -0.3 is 10.1 Å². The molecule has 0 aliphatic rings. The minimum absolute atomic E-state index is 0.181. The van der Waals surface area contributed by atoms with Crippen LogP contribution in [0.25, 0.3) is 0 Å². The van der Waals surface area contributed by atoms with Crippen molar-refractivity contribution in [1.82, 2.24) is 5.32 Å². The summed E-state index contributed by atoms with van der Waals surface area (Å²) in [4.78, 5) is 0. The number of benzene rings is 2. The number of ether oxygens (including phenoxy) is 1. The van der Waals surface area contributed by atoms with Crippen LogP contribution in [0.5, 0.6) is 5.75 Å². The first kappa shape index (κ1) is 15.2. The molecular weight excluding hydrogens is 293 g/mol. The molecule has 2 rings (SSSR count). The summed E-state index contributed by atoms with van der Waals surface area (Å²) in [5.41, 5.74) is 2.23. The minimum Gasteiger partial charge on any atom is -0.496 e. The smallest absolute Gasteiger partial charge is 0.123 e. The molecule has 1 atom stereocenters. The van der Waals surface area contributed by atoms with E-state index in [1.165, 1.54) is 0 Å². The predicted molar refractivity (Wildman–Crippen MR) is 84.7 cm³/mol. The maximum absolute atomic E-state index is 6.01. The van der Waals surface area contributed by atoms with Gasteiger partial charge in [0.15, 0.2) is 0 Å². The van der Waals surface area contributed by atoms with E-state index >= 15 is 0 Å². The summed E-state index contributed by atoms with van der Waals surface area (Å²) in [7, 11) is 1.69. The molecule has 0 unspecified atom stereocenters. The quantitative estimate of drug-likeness (QED) is 0.852. The second kappa shape index (κ2) is 6.98. The summed E-state index contributed by atoms with van der Waals surface area (Å²) in [6.45, 7) is 2.82. The summed E-state index contributed by atoms with van der Waals surface area (Å²) in [5.74, 6) is 0.890. The number of halogens is 2. The topological polar surface area (TPSA) is 21.3 Å². The first-order valence-electron chi connectivity index (χ1n) is 6.42. The standard InChI is InChI=1S/C16H17Cl2NO/c1-11(13-5-3-4-6-16(13)20-2)19-10-12-7-8-14(17)15(18)9-12/h3-9,11,19H,10H2,1-2H3/t11-/m0/s1. The van der Waals surface area contributed by atoms with E-state index in [4.69, 9.17) is 27.9 Å². The van der Waals surface area contributed by atoms with Crippen molar-refractivity contribution in [3.8, 4) is 5.75 Å². The van der Waals surface area contributed by atoms with Gasteiger partial charge >= 0.3 is 0 Å². The number of rotatable bonds is 5. The molecule has 0 spiro atoms. The van der Waals surface area contributed by atoms with E-state index in [-0.39, 0.29) is 6.04 Å². The molecule has 2 nitrogen and oxygen atoms in total. The molecule has 0 aliphatic heterocycles. The van der Waals surface area contributed by atoms with E-state index in [9.17, 15) is 0 Å². The van der Waals surface area contributed by atoms with Crippen molar-refractivity contribution in [3.05, 3.63) is 63.6 Å². The number of hydrogen-bond donors (Lipinski definition) is 1. The molecule has 0 heterocycles. The zero-order valence-electron chi connectivity index (χ0n) is 11.5. The Kier molecular flexibility index (Phi) is 5.30. The van der Waals surface area contributed by atoms with E-state index in [2.05, 4.69) is 18.3 Å². The number of nitrogens with one attached hydrogen (secondary N) is 1. The molecule has 0 radical (unpaired) electrons. The van der Waals surface area contributed by atoms with Crippen LogP contribution >= 0.6 is 23.2 Å². The van der Waals surface area contributed by atoms with Gasteiger partial charge in [0.1, 0.15) is 5.75 Å². The minimum atomic E-state index is 0.181. The number of para-hydroxylation sites is 1. The van der Waals surface area contributed by atoms with Crippen molar-refractivity contribution < 1.29 is 4.74 Å². The fourth-order valence-electron chi connectivity index (χ4n) is 2.05. The zero-order chi connectivity index (χ0) is 14.5. The second-order valence-corrected chi connectivity index (χ2v) is 5.41. The molecule has 0 aromatic heterocycles. The Bertz CT molecular complexity index is 586. The van der Waals surface area contributed by atoms with Crippen molar-refractivity contribution in [3.63, 3.8) is 0 Å². The van der Waals surface area contributed by atoms with Crippen LogP contribution in [-0.2, 0) is 6.54 Å². The fourth-order valence-corrected chi connectivity index (χ4v) is 2.38. The lowest BCUT2D eigenvalue weighted by molar-refractivity contribution is 0.401. The van der Waals surface area contributed by atoms with E-state index in [1.54, 1.807) is 7.11 Å². The molecule has 0 amide bonds. The highest BCUT2D eigenvalue weighted by Crippen LogP contribution is 2.26. The van der Waals surface area contributed by atoms with E-state index in [1.807, 2.05) is 36.4 Å². The first-order chi connectivity index (χ1) is 9.61. The number of hydrogen-bond acceptors (Lipinski definition) is 2. The predicted octanol–water partition coefficient (Wildman–Crippen LogP) is 4.85. The second-order valence-electron chi connectivity index (χ2n) is 4.59. The van der Waals surface area contributed by atoms with Crippen LogP contribution < -0.4 is 10.1 Å². The van der Waals surface area contributed by atoms with Gasteiger partial charge in [-0.05, 0) is 30.7 Å². The maximum Gasteiger partial charge on any atom is 0.123 e. The third-order valence-electron chi connectivity index (χ3n) is 3.20. The Morgan fingerprint density at radius 1 is 1.10 bits per heavy atom. The van der Waals surface area contributed by atoms with Crippen LogP contribution in [-0.4, -0.2) is 7.11 Å². The Labute approximate surface area is 129 Å². The summed E-state index contributed by atoms with van der Waals surface area (Å²) in [6.07, 6.45) is 0. The van der Waals surface area contributed by atoms with Crippen LogP contribution in [0.1, 0.15) is 24.1 Å². The molecule has 4 heteroatoms. The average molecular weight is 310 g/mol. The van der Waals surface area contributed by atoms with Crippen molar-refractivity contribution in [2.24, 2.45) is 0 Å². The Hall–Kier alpha value is -1.22. The van der Waals surface area contributed by atoms with Gasteiger partial charge in [0.2, 0.25) is 0 Å². The summed E-state index contributed by atoms with van der Waals surface area (Å²) < 4.78 is 5.37. The molecule has 20 heavy (non-hydrogen) atoms. The molecule has 1 N–H and O–H groups in total. The van der Waals surface area contributed by atoms with Crippen molar-refractivity contribution in [2.45, 2.75) is 19.5 Å². The van der Waals surface area contributed by atoms with Crippen molar-refractivity contribution >= 4 is 23.2 Å². The third-order valence-corrected chi connectivity index (χ3v) is 3.94. The highest BCUT2D eigenvalue weighted by Gasteiger charge is 2.10. The lowest BCUT2D eigenvalue weighted by Crippen LogP contribution is -2.18. The van der Waals surface area contributed by atoms with Crippen LogP contribution in [0.4, 0.5) is 0 Å². The van der Waals surface area contributed by atoms with Gasteiger partial charge in [0.25, 0.3) is 0 Å². The lowest BCUT2D eigenvalue weighted by atomic mass is 10.1. The van der Waals surface area contributed by atoms with Crippen LogP contribution in [0, 0.1) is 0 Å². The van der Waals surface area contributed by atoms with Gasteiger partial charge in [0, 0.05) is 18.2 Å². The van der Waals surface area contributed by atoms with Crippen LogP contribution in [0.2, 0.25) is 10.0 Å². The van der Waals surface area contributed by atoms with Gasteiger partial charge in [-0.1, -0.05) is 47.5 Å². The molecule has 0 bridgehead atoms. The van der Waals surface area contributed by atoms with Gasteiger partial charge in [0.05, 0.1) is 17.2 Å². The fraction of sp³-hybridized carbons (Fsp3) is 0.250. The Balaban J connectivity index is 2.04. The molecule has 106 valence electrons. The molecule has 0 saturated heterocycles. The Morgan fingerprint density at radius 3 is 2.55 bits per heavy atom. The summed E-state index contributed by atoms with van der Waals surface area (Å²) in [5, 5.41) is 4.61. The molecular formula is C16H17Cl2NO. The zero-order valence-corrected chi connectivity index (χ0v) is 13.0. The highest BCUT2D eigenvalue weighted by atomic mass is 35.5. The van der Waals surface area contributed by atoms with Crippen LogP contribution in [0.15, 0.2) is 42.5 Å². The van der Waals surface area contributed by atoms with E-state index in [0.29, 0.717) is 10.0 Å². The number of methoxy groups -OCH3 is 1. The molecule has 0 aliphatic carbocycles. The molecule has 2 aromatic carbocycles. The third kappa shape index (κ3) is 3.66. The summed E-state index contributed by atoms with van der Waals surface area (Å²) >= 11 is 11.9. The maximum atomic E-state index is 6.01. The largest absolute Gasteiger partial charge is 0.496 e. The average Bonchev–Trinajstić information content (AvgIpc) is 2.48. The van der Waals surface area contributed by atoms with Crippen LogP contribution in [0.3, 0.4) is 0 Å². The highest BCUT2D eigenvalue weighted by molar-refractivity contribution is 6.42. The molecule has 0 saturated carbocycles.